The first-order chi connectivity index (χ1) is 35.7. The highest BCUT2D eigenvalue weighted by Gasteiger charge is 2.34. The summed E-state index contributed by atoms with van der Waals surface area (Å²) in [4.78, 5) is 123. The van der Waals surface area contributed by atoms with Crippen LogP contribution in [0.25, 0.3) is 10.9 Å². The number of hydrogen-bond donors (Lipinski definition) is 16. The van der Waals surface area contributed by atoms with E-state index in [4.69, 9.17) is 34.4 Å². The Morgan fingerprint density at radius 3 is 1.97 bits per heavy atom. The lowest BCUT2D eigenvalue weighted by molar-refractivity contribution is -0.135. The molecule has 1 saturated heterocycles. The molecule has 1 aliphatic heterocycles. The van der Waals surface area contributed by atoms with E-state index in [1.165, 1.54) is 31.2 Å². The summed E-state index contributed by atoms with van der Waals surface area (Å²) in [5.74, 6) is -6.35. The molecule has 408 valence electrons. The van der Waals surface area contributed by atoms with Crippen LogP contribution in [0.1, 0.15) is 75.8 Å². The number of rotatable bonds is 18. The second-order valence-electron chi connectivity index (χ2n) is 18.1. The molecule has 0 unspecified atom stereocenters. The van der Waals surface area contributed by atoms with Gasteiger partial charge in [0.1, 0.15) is 42.0 Å². The third kappa shape index (κ3) is 20.2. The number of H-pyrrole nitrogens is 1. The fraction of sp³-hybridized carbons (Fsp3) is 0.469. The van der Waals surface area contributed by atoms with Gasteiger partial charge in [-0.05, 0) is 87.2 Å². The van der Waals surface area contributed by atoms with Gasteiger partial charge in [-0.2, -0.15) is 0 Å². The second kappa shape index (κ2) is 29.9. The number of phenols is 1. The summed E-state index contributed by atoms with van der Waals surface area (Å²) in [6.45, 7) is 5.20. The fourth-order valence-corrected chi connectivity index (χ4v) is 8.18. The molecule has 0 spiro atoms. The summed E-state index contributed by atoms with van der Waals surface area (Å²) >= 11 is 0. The summed E-state index contributed by atoms with van der Waals surface area (Å²) in [7, 11) is 0. The zero-order valence-electron chi connectivity index (χ0n) is 42.1. The molecular weight excluding hydrogens is 971 g/mol. The third-order valence-corrected chi connectivity index (χ3v) is 12.1. The van der Waals surface area contributed by atoms with Crippen molar-refractivity contribution in [1.29, 1.82) is 0 Å². The molecule has 8 amide bonds. The number of aromatic nitrogens is 1. The molecule has 0 radical (unpaired) electrons. The fourth-order valence-electron chi connectivity index (χ4n) is 8.18. The number of aliphatic imine (C=N–C) groups is 2. The van der Waals surface area contributed by atoms with E-state index in [-0.39, 0.29) is 120 Å². The van der Waals surface area contributed by atoms with Crippen LogP contribution in [0.4, 0.5) is 0 Å². The van der Waals surface area contributed by atoms with E-state index in [9.17, 15) is 43.5 Å². The van der Waals surface area contributed by atoms with Crippen LogP contribution in [-0.4, -0.2) is 138 Å². The molecule has 3 aromatic rings. The topological polar surface area (TPSA) is 450 Å². The Bertz CT molecular complexity index is 2520. The maximum atomic E-state index is 14.6. The summed E-state index contributed by atoms with van der Waals surface area (Å²) in [6, 6.07) is 4.24. The minimum absolute atomic E-state index is 0.0152. The van der Waals surface area contributed by atoms with Gasteiger partial charge in [0.05, 0.1) is 6.04 Å². The van der Waals surface area contributed by atoms with E-state index in [0.29, 0.717) is 11.1 Å². The minimum Gasteiger partial charge on any atom is -0.508 e. The molecule has 1 aliphatic rings. The molecular formula is C49H73N17O9. The first-order valence-corrected chi connectivity index (χ1v) is 24.7. The normalized spacial score (nSPS) is 21.1. The van der Waals surface area contributed by atoms with Crippen molar-refractivity contribution >= 4 is 70.1 Å². The first kappa shape index (κ1) is 59.1. The number of carbonyl (C=O) groups is 8. The molecule has 2 heterocycles. The Balaban J connectivity index is 1.77. The monoisotopic (exact) mass is 1040 g/mol. The molecule has 0 aliphatic carbocycles. The number of amides is 8. The lowest BCUT2D eigenvalue weighted by Crippen LogP contribution is -2.60. The van der Waals surface area contributed by atoms with Gasteiger partial charge >= 0.3 is 0 Å². The summed E-state index contributed by atoms with van der Waals surface area (Å²) in [5, 5.41) is 32.5. The van der Waals surface area contributed by atoms with E-state index < -0.39 is 89.6 Å². The molecule has 26 nitrogen and oxygen atoms in total. The van der Waals surface area contributed by atoms with Crippen LogP contribution >= 0.6 is 0 Å². The van der Waals surface area contributed by atoms with Gasteiger partial charge in [-0.25, -0.2) is 0 Å². The number of nitrogens with zero attached hydrogens (tertiary/aromatic N) is 2. The van der Waals surface area contributed by atoms with Gasteiger partial charge in [0.25, 0.3) is 0 Å². The largest absolute Gasteiger partial charge is 0.508 e. The minimum atomic E-state index is -1.46. The maximum Gasteiger partial charge on any atom is 0.243 e. The van der Waals surface area contributed by atoms with Crippen molar-refractivity contribution in [3.8, 4) is 5.75 Å². The van der Waals surface area contributed by atoms with Crippen molar-refractivity contribution in [2.75, 3.05) is 26.2 Å². The molecule has 1 aromatic heterocycles. The predicted molar refractivity (Wildman–Crippen MR) is 281 cm³/mol. The molecule has 75 heavy (non-hydrogen) atoms. The summed E-state index contributed by atoms with van der Waals surface area (Å²) in [5.41, 5.74) is 36.2. The van der Waals surface area contributed by atoms with E-state index in [1.54, 1.807) is 6.20 Å². The van der Waals surface area contributed by atoms with E-state index in [2.05, 4.69) is 64.1 Å². The van der Waals surface area contributed by atoms with Crippen molar-refractivity contribution in [2.45, 2.75) is 120 Å². The van der Waals surface area contributed by atoms with E-state index in [1.807, 2.05) is 24.3 Å². The number of benzene rings is 2. The van der Waals surface area contributed by atoms with Gasteiger partial charge in [0, 0.05) is 68.6 Å². The number of carbonyl (C=O) groups excluding carboxylic acids is 8. The molecule has 2 aromatic carbocycles. The number of guanidine groups is 2. The zero-order valence-corrected chi connectivity index (χ0v) is 42.1. The SMILES string of the molecule is C=C(N)[C@@H]1CCCNC(=O)CC[C@H](NC(=O)[C@H](CCCN=C(N)N)NC(C)=O)C(=O)N[C@@H](CCN)C(=O)N[C@H](Cc2ccc(O)cc2)C(=O)N[C@@H](CCCN=C(N)N)C(=O)N[C@@H](Cc2c[nH]c3ccccc23)C(=O)N1. The number of hydrogen-bond acceptors (Lipinski definition) is 13. The smallest absolute Gasteiger partial charge is 0.243 e. The maximum absolute atomic E-state index is 14.6. The van der Waals surface area contributed by atoms with Gasteiger partial charge in [0.15, 0.2) is 11.9 Å². The average Bonchev–Trinajstić information content (AvgIpc) is 3.77. The molecule has 1 fully saturated rings. The van der Waals surface area contributed by atoms with E-state index >= 15 is 0 Å². The van der Waals surface area contributed by atoms with Gasteiger partial charge < -0.3 is 87.0 Å². The lowest BCUT2D eigenvalue weighted by Gasteiger charge is -2.28. The molecule has 26 heteroatoms. The number of nitrogens with two attached hydrogens (primary N) is 6. The highest BCUT2D eigenvalue weighted by atomic mass is 16.3. The molecule has 0 bridgehead atoms. The van der Waals surface area contributed by atoms with Crippen LogP contribution in [0.15, 0.2) is 77.0 Å². The van der Waals surface area contributed by atoms with Crippen molar-refractivity contribution in [3.05, 3.63) is 78.1 Å². The molecule has 7 atom stereocenters. The van der Waals surface area contributed by atoms with Crippen molar-refractivity contribution < 1.29 is 43.5 Å². The van der Waals surface area contributed by atoms with Gasteiger partial charge in [0.2, 0.25) is 47.3 Å². The zero-order chi connectivity index (χ0) is 55.0. The first-order valence-electron chi connectivity index (χ1n) is 24.7. The lowest BCUT2D eigenvalue weighted by atomic mass is 10.0. The van der Waals surface area contributed by atoms with Gasteiger partial charge in [-0.15, -0.1) is 0 Å². The molecule has 0 saturated carbocycles. The number of fused-ring (bicyclic) bond motifs is 1. The van der Waals surface area contributed by atoms with Crippen molar-refractivity contribution in [2.24, 2.45) is 44.4 Å². The van der Waals surface area contributed by atoms with Gasteiger partial charge in [-0.1, -0.05) is 36.9 Å². The van der Waals surface area contributed by atoms with Crippen LogP contribution in [0.5, 0.6) is 5.75 Å². The van der Waals surface area contributed by atoms with Crippen LogP contribution in [0.3, 0.4) is 0 Å². The number of phenolic OH excluding ortho intramolecular Hbond substituents is 1. The second-order valence-corrected chi connectivity index (χ2v) is 18.1. The summed E-state index contributed by atoms with van der Waals surface area (Å²) < 4.78 is 0. The van der Waals surface area contributed by atoms with Crippen LogP contribution in [-0.2, 0) is 51.2 Å². The average molecular weight is 1040 g/mol. The Morgan fingerprint density at radius 1 is 0.747 bits per heavy atom. The summed E-state index contributed by atoms with van der Waals surface area (Å²) in [6.07, 6.45) is 1.65. The van der Waals surface area contributed by atoms with Crippen molar-refractivity contribution in [1.82, 2.24) is 47.5 Å². The Labute approximate surface area is 434 Å². The molecule has 4 rings (SSSR count). The third-order valence-electron chi connectivity index (χ3n) is 12.1. The van der Waals surface area contributed by atoms with Crippen LogP contribution < -0.4 is 76.9 Å². The highest BCUT2D eigenvalue weighted by molar-refractivity contribution is 5.97. The van der Waals surface area contributed by atoms with Crippen molar-refractivity contribution in [3.63, 3.8) is 0 Å². The van der Waals surface area contributed by atoms with Crippen LogP contribution in [0, 0.1) is 0 Å². The Hall–Kier alpha value is -8.42. The Kier molecular flexibility index (Phi) is 23.6. The Morgan fingerprint density at radius 2 is 1.33 bits per heavy atom. The number of para-hydroxylation sites is 1. The molecule has 22 N–H and O–H groups in total. The van der Waals surface area contributed by atoms with Gasteiger partial charge in [-0.3, -0.25) is 48.3 Å². The number of nitrogens with one attached hydrogen (secondary N) is 9. The number of aromatic amines is 1. The number of aromatic hydroxyl groups is 1. The standard InChI is InChI=1S/C49H73N17O9/c1-27(51)33-10-5-21-56-41(69)18-17-37(63-42(70)35(60-28(2)67)11-6-22-57-48(52)53)44(72)64-38(19-20-50)45(73)65-39(24-29-13-15-31(68)16-14-29)46(74)62-36(12-7-23-58-49(54)55)43(71)66-40(47(75)61-33)25-30-26-59-34-9-4-3-8-32(30)34/h3-4,8-9,13-16,26,33,35-40,59,68H,1,5-7,10-12,17-25,50-51H2,2H3,(H,56,69)(H,60,67)(H,61,75)(H,62,74)(H,63,70)(H,64,72)(H,65,73)(H,66,71)(H4,52,53,57)(H4,54,55,58)/t33-,35-,36-,37-,38-,39+,40-/m0/s1. The van der Waals surface area contributed by atoms with Crippen LogP contribution in [0.2, 0.25) is 0 Å². The quantitative estimate of drug-likeness (QED) is 0.0337. The highest BCUT2D eigenvalue weighted by Crippen LogP contribution is 2.20. The van der Waals surface area contributed by atoms with E-state index in [0.717, 1.165) is 10.9 Å². The predicted octanol–water partition coefficient (Wildman–Crippen LogP) is -3.31.